The molecule has 128 valence electrons. The van der Waals surface area contributed by atoms with Crippen LogP contribution >= 0.6 is 0 Å². The molecule has 0 saturated carbocycles. The van der Waals surface area contributed by atoms with Crippen molar-refractivity contribution in [3.8, 4) is 5.75 Å². The van der Waals surface area contributed by atoms with Crippen molar-refractivity contribution in [2.75, 3.05) is 26.0 Å². The molecule has 2 rings (SSSR count). The largest absolute Gasteiger partial charge is 0.497 e. The van der Waals surface area contributed by atoms with E-state index in [4.69, 9.17) is 4.74 Å². The fraction of sp³-hybridized carbons (Fsp3) is 0.529. The normalized spacial score (nSPS) is 12.7. The van der Waals surface area contributed by atoms with Crippen LogP contribution in [0.3, 0.4) is 0 Å². The van der Waals surface area contributed by atoms with Gasteiger partial charge in [-0.05, 0) is 51.4 Å². The molecule has 0 radical (unpaired) electrons. The van der Waals surface area contributed by atoms with Gasteiger partial charge in [-0.1, -0.05) is 0 Å². The van der Waals surface area contributed by atoms with Gasteiger partial charge in [0.05, 0.1) is 17.6 Å². The van der Waals surface area contributed by atoms with E-state index in [2.05, 4.69) is 10.3 Å². The zero-order valence-electron chi connectivity index (χ0n) is 14.3. The predicted octanol–water partition coefficient (Wildman–Crippen LogP) is 2.52. The minimum Gasteiger partial charge on any atom is -0.497 e. The molecule has 0 spiro atoms. The number of hydrogen-bond donors (Lipinski definition) is 2. The lowest BCUT2D eigenvalue weighted by atomic mass is 10.1. The highest BCUT2D eigenvalue weighted by atomic mass is 32.2. The molecule has 0 atom stereocenters. The second kappa shape index (κ2) is 6.93. The minimum atomic E-state index is -3.06. The zero-order valence-corrected chi connectivity index (χ0v) is 15.1. The van der Waals surface area contributed by atoms with E-state index in [9.17, 15) is 8.42 Å². The van der Waals surface area contributed by atoms with Gasteiger partial charge in [0.2, 0.25) is 0 Å². The lowest BCUT2D eigenvalue weighted by Crippen LogP contribution is -2.35. The molecule has 0 aliphatic carbocycles. The van der Waals surface area contributed by atoms with Crippen molar-refractivity contribution in [3.63, 3.8) is 0 Å². The number of nitrogens with one attached hydrogen (secondary N) is 2. The highest BCUT2D eigenvalue weighted by molar-refractivity contribution is 7.92. The van der Waals surface area contributed by atoms with Crippen molar-refractivity contribution in [1.29, 1.82) is 0 Å². The van der Waals surface area contributed by atoms with E-state index in [1.807, 2.05) is 24.4 Å². The van der Waals surface area contributed by atoms with Crippen molar-refractivity contribution in [1.82, 2.24) is 10.3 Å². The molecular weight excluding hydrogens is 312 g/mol. The number of aromatic nitrogens is 1. The van der Waals surface area contributed by atoms with Crippen LogP contribution in [0.2, 0.25) is 0 Å². The van der Waals surface area contributed by atoms with Gasteiger partial charge in [0, 0.05) is 29.7 Å². The quantitative estimate of drug-likeness (QED) is 0.761. The van der Waals surface area contributed by atoms with E-state index in [-0.39, 0.29) is 5.75 Å². The fourth-order valence-corrected chi connectivity index (χ4v) is 3.39. The van der Waals surface area contributed by atoms with Crippen molar-refractivity contribution >= 4 is 20.7 Å². The van der Waals surface area contributed by atoms with Gasteiger partial charge in [0.15, 0.2) is 9.84 Å². The molecule has 23 heavy (non-hydrogen) atoms. The van der Waals surface area contributed by atoms with Gasteiger partial charge in [0.1, 0.15) is 5.75 Å². The highest BCUT2D eigenvalue weighted by Gasteiger charge is 2.27. The molecule has 0 bridgehead atoms. The molecule has 0 saturated heterocycles. The Morgan fingerprint density at radius 3 is 2.61 bits per heavy atom. The maximum Gasteiger partial charge on any atom is 0.156 e. The monoisotopic (exact) mass is 338 g/mol. The van der Waals surface area contributed by atoms with Crippen molar-refractivity contribution in [2.45, 2.75) is 31.9 Å². The topological polar surface area (TPSA) is 71.2 Å². The predicted molar refractivity (Wildman–Crippen MR) is 95.0 cm³/mol. The van der Waals surface area contributed by atoms with Gasteiger partial charge in [-0.2, -0.15) is 0 Å². The minimum absolute atomic E-state index is 0.168. The number of sulfone groups is 1. The third-order valence-electron chi connectivity index (χ3n) is 4.03. The van der Waals surface area contributed by atoms with Crippen LogP contribution in [0.25, 0.3) is 10.9 Å². The molecule has 1 aromatic carbocycles. The summed E-state index contributed by atoms with van der Waals surface area (Å²) in [5, 5.41) is 4.40. The Labute approximate surface area is 138 Å². The maximum absolute atomic E-state index is 12.0. The summed E-state index contributed by atoms with van der Waals surface area (Å²) in [6.07, 6.45) is 2.85. The molecular formula is C17H26N2O3S. The van der Waals surface area contributed by atoms with Crippen LogP contribution in [0.5, 0.6) is 5.75 Å². The summed E-state index contributed by atoms with van der Waals surface area (Å²) in [6, 6.07) is 5.97. The summed E-state index contributed by atoms with van der Waals surface area (Å²) in [7, 11) is -1.40. The Hall–Kier alpha value is -1.53. The Morgan fingerprint density at radius 2 is 1.96 bits per heavy atom. The number of hydrogen-bond acceptors (Lipinski definition) is 4. The molecule has 2 aromatic rings. The summed E-state index contributed by atoms with van der Waals surface area (Å²) in [4.78, 5) is 3.24. The fourth-order valence-electron chi connectivity index (χ4n) is 2.36. The highest BCUT2D eigenvalue weighted by Crippen LogP contribution is 2.23. The molecule has 0 amide bonds. The standard InChI is InChI=1S/C17H26N2O3S/c1-17(2,3)23(20,21)10-9-18-8-7-13-12-19-16-11-14(22-4)5-6-15(13)16/h5-6,11-12,18-19H,7-10H2,1-4H3. The molecule has 0 aliphatic heterocycles. The molecule has 0 aliphatic rings. The van der Waals surface area contributed by atoms with E-state index in [0.717, 1.165) is 24.2 Å². The summed E-state index contributed by atoms with van der Waals surface area (Å²) in [5.74, 6) is 0.998. The molecule has 1 heterocycles. The first-order valence-corrected chi connectivity index (χ1v) is 9.47. The first kappa shape index (κ1) is 17.8. The van der Waals surface area contributed by atoms with Gasteiger partial charge in [0.25, 0.3) is 0 Å². The van der Waals surface area contributed by atoms with E-state index < -0.39 is 14.6 Å². The zero-order chi connectivity index (χ0) is 17.1. The van der Waals surface area contributed by atoms with E-state index in [1.54, 1.807) is 27.9 Å². The number of aromatic amines is 1. The van der Waals surface area contributed by atoms with Crippen LogP contribution < -0.4 is 10.1 Å². The Bertz CT molecular complexity index is 758. The van der Waals surface area contributed by atoms with Gasteiger partial charge in [-0.3, -0.25) is 0 Å². The summed E-state index contributed by atoms with van der Waals surface area (Å²) < 4.78 is 28.6. The van der Waals surface area contributed by atoms with Crippen molar-refractivity contribution in [3.05, 3.63) is 30.0 Å². The number of ether oxygens (including phenoxy) is 1. The van der Waals surface area contributed by atoms with Gasteiger partial charge in [-0.15, -0.1) is 0 Å². The molecule has 5 nitrogen and oxygen atoms in total. The molecule has 0 unspecified atom stereocenters. The second-order valence-electron chi connectivity index (χ2n) is 6.66. The number of H-pyrrole nitrogens is 1. The average Bonchev–Trinajstić information content (AvgIpc) is 2.88. The van der Waals surface area contributed by atoms with Gasteiger partial charge >= 0.3 is 0 Å². The maximum atomic E-state index is 12.0. The summed E-state index contributed by atoms with van der Waals surface area (Å²) in [6.45, 7) is 6.45. The van der Waals surface area contributed by atoms with Gasteiger partial charge in [-0.25, -0.2) is 8.42 Å². The number of benzene rings is 1. The summed E-state index contributed by atoms with van der Waals surface area (Å²) >= 11 is 0. The van der Waals surface area contributed by atoms with Crippen LogP contribution in [-0.2, 0) is 16.3 Å². The van der Waals surface area contributed by atoms with E-state index in [0.29, 0.717) is 6.54 Å². The first-order valence-electron chi connectivity index (χ1n) is 7.81. The Kier molecular flexibility index (Phi) is 5.37. The van der Waals surface area contributed by atoms with E-state index in [1.165, 1.54) is 10.9 Å². The average molecular weight is 338 g/mol. The second-order valence-corrected chi connectivity index (χ2v) is 9.52. The van der Waals surface area contributed by atoms with Crippen LogP contribution in [0.4, 0.5) is 0 Å². The molecule has 6 heteroatoms. The molecule has 0 fully saturated rings. The number of rotatable bonds is 7. The van der Waals surface area contributed by atoms with Crippen molar-refractivity contribution < 1.29 is 13.2 Å². The number of methoxy groups -OCH3 is 1. The lowest BCUT2D eigenvalue weighted by Gasteiger charge is -2.19. The van der Waals surface area contributed by atoms with Crippen LogP contribution in [0.15, 0.2) is 24.4 Å². The lowest BCUT2D eigenvalue weighted by molar-refractivity contribution is 0.415. The third-order valence-corrected chi connectivity index (χ3v) is 6.63. The first-order chi connectivity index (χ1) is 10.7. The molecule has 2 N–H and O–H groups in total. The Morgan fingerprint density at radius 1 is 1.22 bits per heavy atom. The van der Waals surface area contributed by atoms with Gasteiger partial charge < -0.3 is 15.0 Å². The van der Waals surface area contributed by atoms with E-state index >= 15 is 0 Å². The van der Waals surface area contributed by atoms with Crippen LogP contribution in [-0.4, -0.2) is 44.1 Å². The summed E-state index contributed by atoms with van der Waals surface area (Å²) in [5.41, 5.74) is 2.27. The molecule has 1 aromatic heterocycles. The van der Waals surface area contributed by atoms with Crippen molar-refractivity contribution in [2.24, 2.45) is 0 Å². The van der Waals surface area contributed by atoms with Crippen LogP contribution in [0, 0.1) is 0 Å². The van der Waals surface area contributed by atoms with Crippen LogP contribution in [0.1, 0.15) is 26.3 Å². The Balaban J connectivity index is 1.86. The smallest absolute Gasteiger partial charge is 0.156 e. The number of fused-ring (bicyclic) bond motifs is 1. The third kappa shape index (κ3) is 4.26. The SMILES string of the molecule is COc1ccc2c(CCNCCS(=O)(=O)C(C)(C)C)c[nH]c2c1.